The van der Waals surface area contributed by atoms with Crippen molar-refractivity contribution in [1.82, 2.24) is 19.3 Å². The third kappa shape index (κ3) is 2.60. The van der Waals surface area contributed by atoms with Gasteiger partial charge in [-0.3, -0.25) is 9.09 Å². The number of alkyl halides is 3. The highest BCUT2D eigenvalue weighted by Crippen LogP contribution is 2.18. The Labute approximate surface area is 98.6 Å². The van der Waals surface area contributed by atoms with E-state index in [9.17, 15) is 18.0 Å². The van der Waals surface area contributed by atoms with Crippen molar-refractivity contribution in [2.24, 2.45) is 0 Å². The minimum atomic E-state index is -4.34. The minimum Gasteiger partial charge on any atom is -0.324 e. The van der Waals surface area contributed by atoms with Crippen LogP contribution in [0.5, 0.6) is 0 Å². The second kappa shape index (κ2) is 4.31. The molecule has 0 aliphatic heterocycles. The molecule has 6 nitrogen and oxygen atoms in total. The van der Waals surface area contributed by atoms with Crippen LogP contribution in [-0.4, -0.2) is 25.5 Å². The molecule has 2 aromatic heterocycles. The highest BCUT2D eigenvalue weighted by molar-refractivity contribution is 4.96. The first-order valence-corrected chi connectivity index (χ1v) is 4.97. The Morgan fingerprint density at radius 1 is 1.44 bits per heavy atom. The van der Waals surface area contributed by atoms with Gasteiger partial charge >= 0.3 is 11.9 Å². The van der Waals surface area contributed by atoms with E-state index in [0.717, 1.165) is 9.13 Å². The fourth-order valence-corrected chi connectivity index (χ4v) is 1.48. The second-order valence-corrected chi connectivity index (χ2v) is 3.67. The maximum atomic E-state index is 12.3. The minimum absolute atomic E-state index is 0.112. The van der Waals surface area contributed by atoms with Gasteiger partial charge in [-0.25, -0.2) is 9.78 Å². The lowest BCUT2D eigenvalue weighted by Crippen LogP contribution is -2.23. The summed E-state index contributed by atoms with van der Waals surface area (Å²) in [5.74, 6) is -0.337. The van der Waals surface area contributed by atoms with Crippen LogP contribution >= 0.6 is 0 Å². The number of halogens is 3. The third-order valence-electron chi connectivity index (χ3n) is 2.32. The van der Waals surface area contributed by atoms with Crippen LogP contribution in [0.2, 0.25) is 0 Å². The third-order valence-corrected chi connectivity index (χ3v) is 2.32. The Morgan fingerprint density at radius 3 is 2.72 bits per heavy atom. The Bertz CT molecular complexity index is 595. The zero-order valence-corrected chi connectivity index (χ0v) is 9.31. The van der Waals surface area contributed by atoms with Crippen molar-refractivity contribution in [1.29, 1.82) is 0 Å². The number of hydrogen-bond acceptors (Lipinski definition) is 4. The van der Waals surface area contributed by atoms with Crippen molar-refractivity contribution >= 4 is 0 Å². The molecule has 0 unspecified atom stereocenters. The molecule has 2 rings (SSSR count). The summed E-state index contributed by atoms with van der Waals surface area (Å²) in [6, 6.07) is 0. The summed E-state index contributed by atoms with van der Waals surface area (Å²) >= 11 is 0. The van der Waals surface area contributed by atoms with Gasteiger partial charge in [-0.15, -0.1) is 0 Å². The van der Waals surface area contributed by atoms with Gasteiger partial charge < -0.3 is 4.57 Å². The molecule has 9 heteroatoms. The number of nitrogens with zero attached hydrogens (tertiary/aromatic N) is 4. The van der Waals surface area contributed by atoms with Gasteiger partial charge in [-0.1, -0.05) is 5.16 Å². The summed E-state index contributed by atoms with van der Waals surface area (Å²) < 4.78 is 43.3. The second-order valence-electron chi connectivity index (χ2n) is 3.67. The van der Waals surface area contributed by atoms with Crippen LogP contribution in [0.3, 0.4) is 0 Å². The highest BCUT2D eigenvalue weighted by Gasteiger charge is 2.29. The summed E-state index contributed by atoms with van der Waals surface area (Å²) in [7, 11) is 0. The van der Waals surface area contributed by atoms with E-state index < -0.39 is 18.5 Å². The lowest BCUT2D eigenvalue weighted by atomic mass is 10.5. The van der Waals surface area contributed by atoms with Gasteiger partial charge in [0.2, 0.25) is 0 Å². The molecule has 0 aromatic carbocycles. The maximum Gasteiger partial charge on any atom is 0.442 e. The number of hydrogen-bond donors (Lipinski definition) is 0. The molecule has 18 heavy (non-hydrogen) atoms. The lowest BCUT2D eigenvalue weighted by molar-refractivity contribution is -0.141. The predicted octanol–water partition coefficient (Wildman–Crippen LogP) is 0.952. The molecule has 0 amide bonds. The molecule has 0 aliphatic rings. The van der Waals surface area contributed by atoms with Crippen molar-refractivity contribution in [3.05, 3.63) is 34.6 Å². The van der Waals surface area contributed by atoms with E-state index in [1.54, 1.807) is 0 Å². The molecule has 0 radical (unpaired) electrons. The Balaban J connectivity index is 2.26. The Kier molecular flexibility index (Phi) is 2.97. The van der Waals surface area contributed by atoms with Crippen molar-refractivity contribution in [3.8, 4) is 0 Å². The van der Waals surface area contributed by atoms with Crippen LogP contribution < -0.4 is 5.76 Å². The monoisotopic (exact) mass is 262 g/mol. The van der Waals surface area contributed by atoms with Crippen molar-refractivity contribution in [2.45, 2.75) is 26.2 Å². The average Bonchev–Trinajstić information content (AvgIpc) is 2.78. The largest absolute Gasteiger partial charge is 0.442 e. The lowest BCUT2D eigenvalue weighted by Gasteiger charge is -2.10. The van der Waals surface area contributed by atoms with Crippen molar-refractivity contribution in [3.63, 3.8) is 0 Å². The van der Waals surface area contributed by atoms with Gasteiger partial charge in [-0.05, 0) is 6.92 Å². The van der Waals surface area contributed by atoms with Gasteiger partial charge in [0.05, 0.1) is 6.54 Å². The van der Waals surface area contributed by atoms with E-state index >= 15 is 0 Å². The molecule has 2 aromatic rings. The van der Waals surface area contributed by atoms with Crippen LogP contribution in [0.15, 0.2) is 21.7 Å². The summed E-state index contributed by atoms with van der Waals surface area (Å²) in [4.78, 5) is 15.0. The molecule has 0 N–H and O–H groups in total. The van der Waals surface area contributed by atoms with E-state index in [4.69, 9.17) is 0 Å². The SMILES string of the molecule is Cc1noc(=O)n1Cc1nccn1CC(F)(F)F. The molecular formula is C9H9F3N4O2. The van der Waals surface area contributed by atoms with E-state index in [1.807, 2.05) is 0 Å². The van der Waals surface area contributed by atoms with Gasteiger partial charge in [-0.2, -0.15) is 13.2 Å². The van der Waals surface area contributed by atoms with Gasteiger partial charge in [0.1, 0.15) is 12.4 Å². The predicted molar refractivity (Wildman–Crippen MR) is 52.9 cm³/mol. The molecule has 0 fully saturated rings. The fourth-order valence-electron chi connectivity index (χ4n) is 1.48. The van der Waals surface area contributed by atoms with Gasteiger partial charge in [0.15, 0.2) is 5.82 Å². The molecule has 0 saturated heterocycles. The van der Waals surface area contributed by atoms with Crippen molar-refractivity contribution < 1.29 is 17.7 Å². The van der Waals surface area contributed by atoms with Crippen LogP contribution in [0, 0.1) is 6.92 Å². The normalized spacial score (nSPS) is 12.0. The summed E-state index contributed by atoms with van der Waals surface area (Å²) in [6.45, 7) is 0.251. The quantitative estimate of drug-likeness (QED) is 0.826. The molecule has 0 aliphatic carbocycles. The van der Waals surface area contributed by atoms with Crippen molar-refractivity contribution in [2.75, 3.05) is 0 Å². The van der Waals surface area contributed by atoms with Crippen LogP contribution in [0.25, 0.3) is 0 Å². The molecule has 0 saturated carbocycles. The summed E-state index contributed by atoms with van der Waals surface area (Å²) in [6.07, 6.45) is -1.89. The molecule has 0 bridgehead atoms. The molecule has 2 heterocycles. The number of aryl methyl sites for hydroxylation is 1. The first-order chi connectivity index (χ1) is 8.37. The number of rotatable bonds is 3. The molecule has 98 valence electrons. The average molecular weight is 262 g/mol. The number of aromatic nitrogens is 4. The molecule has 0 atom stereocenters. The molecular weight excluding hydrogens is 253 g/mol. The Morgan fingerprint density at radius 2 is 2.17 bits per heavy atom. The highest BCUT2D eigenvalue weighted by atomic mass is 19.4. The number of imidazole rings is 1. The Hall–Kier alpha value is -2.06. The van der Waals surface area contributed by atoms with E-state index in [2.05, 4.69) is 14.7 Å². The first-order valence-electron chi connectivity index (χ1n) is 4.97. The van der Waals surface area contributed by atoms with Crippen LogP contribution in [-0.2, 0) is 13.1 Å². The summed E-state index contributed by atoms with van der Waals surface area (Å²) in [5, 5.41) is 3.42. The maximum absolute atomic E-state index is 12.3. The zero-order valence-electron chi connectivity index (χ0n) is 9.31. The van der Waals surface area contributed by atoms with Gasteiger partial charge in [0.25, 0.3) is 0 Å². The molecule has 0 spiro atoms. The van der Waals surface area contributed by atoms with Gasteiger partial charge in [0, 0.05) is 12.4 Å². The van der Waals surface area contributed by atoms with Crippen LogP contribution in [0.4, 0.5) is 13.2 Å². The van der Waals surface area contributed by atoms with E-state index in [1.165, 1.54) is 19.3 Å². The van der Waals surface area contributed by atoms with E-state index in [0.29, 0.717) is 0 Å². The van der Waals surface area contributed by atoms with Crippen LogP contribution in [0.1, 0.15) is 11.6 Å². The summed E-state index contributed by atoms with van der Waals surface area (Å²) in [5.41, 5.74) is 0. The topological polar surface area (TPSA) is 65.8 Å². The zero-order chi connectivity index (χ0) is 13.3. The smallest absolute Gasteiger partial charge is 0.324 e. The van der Waals surface area contributed by atoms with E-state index in [-0.39, 0.29) is 18.2 Å². The fraction of sp³-hybridized carbons (Fsp3) is 0.444. The standard InChI is InChI=1S/C9H9F3N4O2/c1-6-14-18-8(17)16(6)4-7-13-2-3-15(7)5-9(10,11)12/h2-3H,4-5H2,1H3. The first kappa shape index (κ1) is 12.4.